The first kappa shape index (κ1) is 21.4. The summed E-state index contributed by atoms with van der Waals surface area (Å²) in [6.07, 6.45) is 2.17. The zero-order chi connectivity index (χ0) is 22.4. The minimum atomic E-state index is -1.11. The van der Waals surface area contributed by atoms with Gasteiger partial charge in [0.2, 0.25) is 17.2 Å². The van der Waals surface area contributed by atoms with E-state index in [1.807, 2.05) is 13.0 Å². The Morgan fingerprint density at radius 2 is 1.87 bits per heavy atom. The molecule has 0 saturated heterocycles. The Bertz CT molecular complexity index is 1250. The normalized spacial score (nSPS) is 10.9. The van der Waals surface area contributed by atoms with Crippen LogP contribution >= 0.6 is 0 Å². The van der Waals surface area contributed by atoms with Crippen molar-refractivity contribution in [3.8, 4) is 0 Å². The van der Waals surface area contributed by atoms with Gasteiger partial charge in [-0.3, -0.25) is 14.4 Å². The highest BCUT2D eigenvalue weighted by atomic mass is 16.4. The molecule has 0 aliphatic carbocycles. The minimum absolute atomic E-state index is 0.0400. The topological polar surface area (TPSA) is 138 Å². The van der Waals surface area contributed by atoms with E-state index in [1.54, 1.807) is 18.2 Å². The predicted octanol–water partition coefficient (Wildman–Crippen LogP) is 2.67. The molecule has 0 spiro atoms. The molecule has 3 rings (SSSR count). The maximum Gasteiger partial charge on any atom is 0.335 e. The van der Waals surface area contributed by atoms with Gasteiger partial charge in [0.05, 0.1) is 22.7 Å². The predicted molar refractivity (Wildman–Crippen MR) is 114 cm³/mol. The first-order valence-corrected chi connectivity index (χ1v) is 9.31. The van der Waals surface area contributed by atoms with E-state index >= 15 is 0 Å². The lowest BCUT2D eigenvalue weighted by molar-refractivity contribution is -0.124. The molecular formula is C22H19N3O6. The Morgan fingerprint density at radius 3 is 2.65 bits per heavy atom. The highest BCUT2D eigenvalue weighted by Crippen LogP contribution is 2.13. The lowest BCUT2D eigenvalue weighted by Crippen LogP contribution is -2.21. The molecule has 2 aromatic carbocycles. The first-order chi connectivity index (χ1) is 14.8. The van der Waals surface area contributed by atoms with Gasteiger partial charge in [0, 0.05) is 18.5 Å². The van der Waals surface area contributed by atoms with Crippen LogP contribution in [0, 0.1) is 6.92 Å². The molecule has 3 aromatic rings. The molecule has 158 valence electrons. The highest BCUT2D eigenvalue weighted by molar-refractivity contribution is 5.95. The fourth-order valence-electron chi connectivity index (χ4n) is 2.76. The van der Waals surface area contributed by atoms with Crippen LogP contribution in [0.5, 0.6) is 0 Å². The molecule has 31 heavy (non-hydrogen) atoms. The van der Waals surface area contributed by atoms with Crippen molar-refractivity contribution >= 4 is 40.7 Å². The number of anilines is 1. The molecule has 0 unspecified atom stereocenters. The molecule has 0 aliphatic rings. The van der Waals surface area contributed by atoms with Gasteiger partial charge in [0.25, 0.3) is 0 Å². The smallest absolute Gasteiger partial charge is 0.335 e. The standard InChI is InChI=1S/C22H19N3O6/c1-13-5-6-18-17(9-13)21(28)15(12-31-18)11-23-25-20(27)8-7-19(26)24-16-4-2-3-14(10-16)22(29)30/h2-6,9-12H,7-8H2,1H3,(H,24,26)(H,25,27)(H,29,30)/b23-11-. The Hall–Kier alpha value is -4.27. The van der Waals surface area contributed by atoms with Gasteiger partial charge in [-0.25, -0.2) is 10.2 Å². The molecule has 9 nitrogen and oxygen atoms in total. The van der Waals surface area contributed by atoms with E-state index < -0.39 is 17.8 Å². The summed E-state index contributed by atoms with van der Waals surface area (Å²) in [5, 5.41) is 15.6. The number of nitrogens with one attached hydrogen (secondary N) is 2. The number of rotatable bonds is 7. The van der Waals surface area contributed by atoms with Crippen LogP contribution in [0.1, 0.15) is 34.3 Å². The molecule has 0 fully saturated rings. The fourth-order valence-corrected chi connectivity index (χ4v) is 2.76. The van der Waals surface area contributed by atoms with Crippen molar-refractivity contribution in [2.24, 2.45) is 5.10 Å². The van der Waals surface area contributed by atoms with E-state index in [1.165, 1.54) is 30.7 Å². The number of hydrogen-bond acceptors (Lipinski definition) is 6. The molecule has 0 bridgehead atoms. The van der Waals surface area contributed by atoms with Gasteiger partial charge >= 0.3 is 5.97 Å². The second-order valence-electron chi connectivity index (χ2n) is 6.75. The van der Waals surface area contributed by atoms with Crippen LogP contribution in [0.15, 0.2) is 63.0 Å². The molecule has 0 saturated carbocycles. The molecule has 9 heteroatoms. The average molecular weight is 421 g/mol. The van der Waals surface area contributed by atoms with Crippen molar-refractivity contribution in [1.29, 1.82) is 0 Å². The third-order valence-electron chi connectivity index (χ3n) is 4.32. The number of carbonyl (C=O) groups is 3. The summed E-state index contributed by atoms with van der Waals surface area (Å²) >= 11 is 0. The lowest BCUT2D eigenvalue weighted by atomic mass is 10.1. The number of hydrazone groups is 1. The Kier molecular flexibility index (Phi) is 6.56. The minimum Gasteiger partial charge on any atom is -0.478 e. The molecule has 1 heterocycles. The van der Waals surface area contributed by atoms with E-state index in [-0.39, 0.29) is 29.4 Å². The van der Waals surface area contributed by atoms with Gasteiger partial charge < -0.3 is 14.8 Å². The number of nitrogens with zero attached hydrogens (tertiary/aromatic N) is 1. The number of aryl methyl sites for hydroxylation is 1. The molecule has 3 N–H and O–H groups in total. The largest absolute Gasteiger partial charge is 0.478 e. The quantitative estimate of drug-likeness (QED) is 0.396. The van der Waals surface area contributed by atoms with Crippen molar-refractivity contribution in [3.05, 3.63) is 75.6 Å². The van der Waals surface area contributed by atoms with E-state index in [2.05, 4.69) is 15.8 Å². The lowest BCUT2D eigenvalue weighted by Gasteiger charge is -2.05. The maximum absolute atomic E-state index is 12.5. The second kappa shape index (κ2) is 9.49. The average Bonchev–Trinajstić information content (AvgIpc) is 2.74. The summed E-state index contributed by atoms with van der Waals surface area (Å²) in [6.45, 7) is 1.86. The van der Waals surface area contributed by atoms with Crippen molar-refractivity contribution in [1.82, 2.24) is 5.43 Å². The second-order valence-corrected chi connectivity index (χ2v) is 6.75. The van der Waals surface area contributed by atoms with E-state index in [0.29, 0.717) is 16.7 Å². The number of carboxylic acid groups (broad SMARTS) is 1. The monoisotopic (exact) mass is 421 g/mol. The van der Waals surface area contributed by atoms with Gasteiger partial charge in [-0.05, 0) is 37.3 Å². The third-order valence-corrected chi connectivity index (χ3v) is 4.32. The summed E-state index contributed by atoms with van der Waals surface area (Å²) in [5.74, 6) is -2.08. The van der Waals surface area contributed by atoms with Crippen LogP contribution in [0.25, 0.3) is 11.0 Å². The van der Waals surface area contributed by atoms with Crippen LogP contribution < -0.4 is 16.2 Å². The van der Waals surface area contributed by atoms with Crippen molar-refractivity contribution in [3.63, 3.8) is 0 Å². The Morgan fingerprint density at radius 1 is 1.10 bits per heavy atom. The van der Waals surface area contributed by atoms with Crippen molar-refractivity contribution in [2.45, 2.75) is 19.8 Å². The summed E-state index contributed by atoms with van der Waals surface area (Å²) in [4.78, 5) is 47.3. The third kappa shape index (κ3) is 5.63. The number of carbonyl (C=O) groups excluding carboxylic acids is 2. The molecule has 0 atom stereocenters. The van der Waals surface area contributed by atoms with Crippen molar-refractivity contribution < 1.29 is 23.9 Å². The zero-order valence-corrected chi connectivity index (χ0v) is 16.5. The van der Waals surface area contributed by atoms with E-state index in [9.17, 15) is 19.2 Å². The summed E-state index contributed by atoms with van der Waals surface area (Å²) in [5.41, 5.74) is 3.88. The van der Waals surface area contributed by atoms with Crippen LogP contribution in [-0.4, -0.2) is 29.1 Å². The van der Waals surface area contributed by atoms with Crippen LogP contribution in [-0.2, 0) is 9.59 Å². The number of carboxylic acids is 1. The molecule has 0 radical (unpaired) electrons. The maximum atomic E-state index is 12.5. The molecular weight excluding hydrogens is 402 g/mol. The SMILES string of the molecule is Cc1ccc2occ(/C=N\NC(=O)CCC(=O)Nc3cccc(C(=O)O)c3)c(=O)c2c1. The van der Waals surface area contributed by atoms with Gasteiger partial charge in [-0.2, -0.15) is 5.10 Å². The molecule has 0 aliphatic heterocycles. The Labute approximate surface area is 176 Å². The summed E-state index contributed by atoms with van der Waals surface area (Å²) < 4.78 is 5.40. The van der Waals surface area contributed by atoms with Gasteiger partial charge in [0.15, 0.2) is 0 Å². The molecule has 2 amide bonds. The van der Waals surface area contributed by atoms with Gasteiger partial charge in [-0.1, -0.05) is 17.7 Å². The number of amides is 2. The number of fused-ring (bicyclic) bond motifs is 1. The molecule has 1 aromatic heterocycles. The zero-order valence-electron chi connectivity index (χ0n) is 16.5. The number of benzene rings is 2. The van der Waals surface area contributed by atoms with Gasteiger partial charge in [-0.15, -0.1) is 0 Å². The van der Waals surface area contributed by atoms with Crippen LogP contribution in [0.2, 0.25) is 0 Å². The van der Waals surface area contributed by atoms with Crippen LogP contribution in [0.4, 0.5) is 5.69 Å². The van der Waals surface area contributed by atoms with Gasteiger partial charge in [0.1, 0.15) is 11.8 Å². The van der Waals surface area contributed by atoms with Crippen molar-refractivity contribution in [2.75, 3.05) is 5.32 Å². The highest BCUT2D eigenvalue weighted by Gasteiger charge is 2.09. The van der Waals surface area contributed by atoms with E-state index in [4.69, 9.17) is 9.52 Å². The number of hydrogen-bond donors (Lipinski definition) is 3. The van der Waals surface area contributed by atoms with Crippen LogP contribution in [0.3, 0.4) is 0 Å². The summed E-state index contributed by atoms with van der Waals surface area (Å²) in [6, 6.07) is 11.0. The summed E-state index contributed by atoms with van der Waals surface area (Å²) in [7, 11) is 0. The first-order valence-electron chi connectivity index (χ1n) is 9.31. The van der Waals surface area contributed by atoms with E-state index in [0.717, 1.165) is 5.56 Å². The fraction of sp³-hybridized carbons (Fsp3) is 0.136. The number of aromatic carboxylic acids is 1. The Balaban J connectivity index is 1.53.